The van der Waals surface area contributed by atoms with Gasteiger partial charge in [-0.25, -0.2) is 14.8 Å². The van der Waals surface area contributed by atoms with Crippen molar-refractivity contribution in [1.29, 1.82) is 0 Å². The summed E-state index contributed by atoms with van der Waals surface area (Å²) in [7, 11) is 0. The largest absolute Gasteiger partial charge is 0.466 e. The molecule has 0 radical (unpaired) electrons. The van der Waals surface area contributed by atoms with Gasteiger partial charge in [-0.3, -0.25) is 0 Å². The average Bonchev–Trinajstić information content (AvgIpc) is 3.08. The van der Waals surface area contributed by atoms with E-state index < -0.39 is 5.97 Å². The Morgan fingerprint density at radius 3 is 2.88 bits per heavy atom. The fourth-order valence-electron chi connectivity index (χ4n) is 3.68. The van der Waals surface area contributed by atoms with Crippen LogP contribution >= 0.6 is 0 Å². The van der Waals surface area contributed by atoms with Crippen molar-refractivity contribution in [1.82, 2.24) is 9.97 Å². The quantitative estimate of drug-likeness (QED) is 0.779. The predicted octanol–water partition coefficient (Wildman–Crippen LogP) is 4.25. The lowest BCUT2D eigenvalue weighted by molar-refractivity contribution is 0.0518. The summed E-state index contributed by atoms with van der Waals surface area (Å²) in [4.78, 5) is 20.3. The molecule has 2 aromatic rings. The van der Waals surface area contributed by atoms with Gasteiger partial charge in [-0.2, -0.15) is 0 Å². The third kappa shape index (κ3) is 4.23. The molecule has 3 rings (SSSR count). The van der Waals surface area contributed by atoms with Gasteiger partial charge in [0.05, 0.1) is 6.61 Å². The Morgan fingerprint density at radius 1 is 1.31 bits per heavy atom. The number of ether oxygens (including phenoxy) is 1. The Morgan fingerprint density at radius 2 is 2.15 bits per heavy atom. The first kappa shape index (κ1) is 18.4. The van der Waals surface area contributed by atoms with E-state index in [1.807, 2.05) is 19.9 Å². The van der Waals surface area contributed by atoms with Gasteiger partial charge in [0.2, 0.25) is 0 Å². The monoisotopic (exact) mass is 357 g/mol. The molecule has 0 amide bonds. The Balaban J connectivity index is 1.62. The third-order valence-corrected chi connectivity index (χ3v) is 5.06. The first-order valence-electron chi connectivity index (χ1n) is 9.37. The molecule has 0 saturated heterocycles. The lowest BCUT2D eigenvalue weighted by atomic mass is 9.80. The highest BCUT2D eigenvalue weighted by molar-refractivity contribution is 5.90. The Labute approximate surface area is 154 Å². The molecule has 1 saturated carbocycles. The van der Waals surface area contributed by atoms with Crippen LogP contribution in [0.3, 0.4) is 0 Å². The van der Waals surface area contributed by atoms with Gasteiger partial charge in [-0.15, -0.1) is 0 Å². The number of aryl methyl sites for hydroxylation is 1. The fraction of sp³-hybridized carbons (Fsp3) is 0.550. The van der Waals surface area contributed by atoms with Crippen molar-refractivity contribution < 1.29 is 13.9 Å². The van der Waals surface area contributed by atoms with Crippen LogP contribution in [0.4, 0.5) is 5.82 Å². The zero-order valence-electron chi connectivity index (χ0n) is 15.7. The number of anilines is 1. The summed E-state index contributed by atoms with van der Waals surface area (Å²) in [5, 5.41) is 3.41. The standard InChI is InChI=1S/C20H27N3O3/c1-4-25-20(24)18-14(3)19(23-12-22-18)21-11-15-6-5-7-16(10-15)17-9-8-13(2)26-17/h8-9,12,15-16H,4-7,10-11H2,1-3H3,(H,21,22,23)/t15-,16+/m0/s1. The van der Waals surface area contributed by atoms with E-state index in [2.05, 4.69) is 21.4 Å². The summed E-state index contributed by atoms with van der Waals surface area (Å²) in [5.41, 5.74) is 1.07. The minimum atomic E-state index is -0.402. The van der Waals surface area contributed by atoms with E-state index >= 15 is 0 Å². The van der Waals surface area contributed by atoms with Crippen molar-refractivity contribution in [3.8, 4) is 0 Å². The summed E-state index contributed by atoms with van der Waals surface area (Å²) in [6.07, 6.45) is 6.10. The van der Waals surface area contributed by atoms with Crippen LogP contribution in [0.2, 0.25) is 0 Å². The minimum Gasteiger partial charge on any atom is -0.466 e. The number of nitrogens with one attached hydrogen (secondary N) is 1. The first-order chi connectivity index (χ1) is 12.6. The Hall–Kier alpha value is -2.37. The maximum Gasteiger partial charge on any atom is 0.357 e. The number of hydrogen-bond donors (Lipinski definition) is 1. The Bertz CT molecular complexity index is 757. The van der Waals surface area contributed by atoms with E-state index in [9.17, 15) is 4.79 Å². The maximum atomic E-state index is 12.0. The molecule has 0 aliphatic heterocycles. The molecule has 2 heterocycles. The molecule has 6 nitrogen and oxygen atoms in total. The zero-order valence-corrected chi connectivity index (χ0v) is 15.7. The van der Waals surface area contributed by atoms with Crippen LogP contribution in [0, 0.1) is 19.8 Å². The molecular formula is C20H27N3O3. The number of carbonyl (C=O) groups is 1. The number of hydrogen-bond acceptors (Lipinski definition) is 6. The van der Waals surface area contributed by atoms with Gasteiger partial charge in [0.1, 0.15) is 23.7 Å². The smallest absolute Gasteiger partial charge is 0.357 e. The topological polar surface area (TPSA) is 77.2 Å². The number of rotatable bonds is 6. The molecule has 2 atom stereocenters. The number of esters is 1. The third-order valence-electron chi connectivity index (χ3n) is 5.06. The fourth-order valence-corrected chi connectivity index (χ4v) is 3.68. The number of furan rings is 1. The highest BCUT2D eigenvalue weighted by atomic mass is 16.5. The van der Waals surface area contributed by atoms with Crippen LogP contribution in [-0.2, 0) is 4.74 Å². The second-order valence-electron chi connectivity index (χ2n) is 6.98. The molecular weight excluding hydrogens is 330 g/mol. The van der Waals surface area contributed by atoms with E-state index in [0.717, 1.165) is 30.0 Å². The summed E-state index contributed by atoms with van der Waals surface area (Å²) >= 11 is 0. The van der Waals surface area contributed by atoms with Crippen LogP contribution in [0.5, 0.6) is 0 Å². The molecule has 1 aliphatic rings. The van der Waals surface area contributed by atoms with E-state index in [1.165, 1.54) is 25.6 Å². The van der Waals surface area contributed by atoms with E-state index in [4.69, 9.17) is 9.15 Å². The van der Waals surface area contributed by atoms with E-state index in [0.29, 0.717) is 30.0 Å². The van der Waals surface area contributed by atoms with Crippen molar-refractivity contribution in [2.75, 3.05) is 18.5 Å². The minimum absolute atomic E-state index is 0.330. The average molecular weight is 357 g/mol. The number of carbonyl (C=O) groups excluding carboxylic acids is 1. The molecule has 0 spiro atoms. The predicted molar refractivity (Wildman–Crippen MR) is 99.4 cm³/mol. The van der Waals surface area contributed by atoms with Crippen LogP contribution in [0.1, 0.15) is 66.1 Å². The molecule has 1 N–H and O–H groups in total. The molecule has 1 fully saturated rings. The zero-order chi connectivity index (χ0) is 18.5. The lowest BCUT2D eigenvalue weighted by Gasteiger charge is -2.28. The summed E-state index contributed by atoms with van der Waals surface area (Å²) < 4.78 is 10.9. The Kier molecular flexibility index (Phi) is 5.91. The molecule has 2 aromatic heterocycles. The molecule has 1 aliphatic carbocycles. The van der Waals surface area contributed by atoms with Crippen molar-refractivity contribution in [2.45, 2.75) is 52.4 Å². The van der Waals surface area contributed by atoms with Gasteiger partial charge in [0, 0.05) is 18.0 Å². The summed E-state index contributed by atoms with van der Waals surface area (Å²) in [6, 6.07) is 4.15. The molecule has 6 heteroatoms. The van der Waals surface area contributed by atoms with Gasteiger partial charge in [0.15, 0.2) is 5.69 Å². The van der Waals surface area contributed by atoms with Gasteiger partial charge in [-0.05, 0) is 58.1 Å². The van der Waals surface area contributed by atoms with Crippen LogP contribution in [-0.4, -0.2) is 29.1 Å². The summed E-state index contributed by atoms with van der Waals surface area (Å²) in [5.74, 6) is 3.43. The van der Waals surface area contributed by atoms with Crippen molar-refractivity contribution in [2.24, 2.45) is 5.92 Å². The highest BCUT2D eigenvalue weighted by Gasteiger charge is 2.25. The van der Waals surface area contributed by atoms with Crippen molar-refractivity contribution >= 4 is 11.8 Å². The second kappa shape index (κ2) is 8.34. The van der Waals surface area contributed by atoms with Gasteiger partial charge >= 0.3 is 5.97 Å². The highest BCUT2D eigenvalue weighted by Crippen LogP contribution is 2.37. The number of nitrogens with zero attached hydrogens (tertiary/aromatic N) is 2. The number of aromatic nitrogens is 2. The van der Waals surface area contributed by atoms with E-state index in [1.54, 1.807) is 6.92 Å². The molecule has 0 unspecified atom stereocenters. The molecule has 26 heavy (non-hydrogen) atoms. The maximum absolute atomic E-state index is 12.0. The van der Waals surface area contributed by atoms with Crippen molar-refractivity contribution in [3.63, 3.8) is 0 Å². The van der Waals surface area contributed by atoms with Gasteiger partial charge < -0.3 is 14.5 Å². The van der Waals surface area contributed by atoms with Crippen molar-refractivity contribution in [3.05, 3.63) is 41.2 Å². The SMILES string of the molecule is CCOC(=O)c1ncnc(NC[C@H]2CCC[C@@H](c3ccc(C)o3)C2)c1C. The van der Waals surface area contributed by atoms with Crippen LogP contribution in [0.25, 0.3) is 0 Å². The van der Waals surface area contributed by atoms with Crippen LogP contribution < -0.4 is 5.32 Å². The normalized spacial score (nSPS) is 20.0. The van der Waals surface area contributed by atoms with E-state index in [-0.39, 0.29) is 0 Å². The second-order valence-corrected chi connectivity index (χ2v) is 6.98. The van der Waals surface area contributed by atoms with Gasteiger partial charge in [0.25, 0.3) is 0 Å². The van der Waals surface area contributed by atoms with Gasteiger partial charge in [-0.1, -0.05) is 6.42 Å². The molecule has 0 bridgehead atoms. The molecule has 0 aromatic carbocycles. The summed E-state index contributed by atoms with van der Waals surface area (Å²) in [6.45, 7) is 6.79. The molecule has 140 valence electrons. The first-order valence-corrected chi connectivity index (χ1v) is 9.37. The van der Waals surface area contributed by atoms with Crippen LogP contribution in [0.15, 0.2) is 22.9 Å². The lowest BCUT2D eigenvalue weighted by Crippen LogP contribution is -2.22.